The molecule has 1 saturated heterocycles. The molecule has 3 heteroatoms. The first kappa shape index (κ1) is 12.2. The average molecular weight is 235 g/mol. The average Bonchev–Trinajstić information content (AvgIpc) is 2.74. The largest absolute Gasteiger partial charge is 0.504 e. The molecule has 0 bridgehead atoms. The number of aryl methyl sites for hydroxylation is 1. The van der Waals surface area contributed by atoms with Crippen LogP contribution in [0.3, 0.4) is 0 Å². The quantitative estimate of drug-likeness (QED) is 0.828. The SMILES string of the molecule is COc1c(C2(C)CCCN2)cc(C)c(C)c1O. The summed E-state index contributed by atoms with van der Waals surface area (Å²) in [5.74, 6) is 0.891. The van der Waals surface area contributed by atoms with Gasteiger partial charge in [-0.05, 0) is 57.4 Å². The molecule has 1 aliphatic heterocycles. The third-order valence-electron chi connectivity index (χ3n) is 3.93. The lowest BCUT2D eigenvalue weighted by molar-refractivity contribution is 0.343. The molecular formula is C14H21NO2. The highest BCUT2D eigenvalue weighted by atomic mass is 16.5. The summed E-state index contributed by atoms with van der Waals surface area (Å²) in [5.41, 5.74) is 2.99. The molecule has 1 atom stereocenters. The fourth-order valence-corrected chi connectivity index (χ4v) is 2.62. The number of ether oxygens (including phenoxy) is 1. The van der Waals surface area contributed by atoms with E-state index in [0.717, 1.165) is 36.1 Å². The molecule has 1 heterocycles. The van der Waals surface area contributed by atoms with Gasteiger partial charge in [0.1, 0.15) is 0 Å². The normalized spacial score (nSPS) is 24.0. The third-order valence-corrected chi connectivity index (χ3v) is 3.93. The molecule has 94 valence electrons. The van der Waals surface area contributed by atoms with Gasteiger partial charge in [-0.1, -0.05) is 0 Å². The summed E-state index contributed by atoms with van der Waals surface area (Å²) >= 11 is 0. The summed E-state index contributed by atoms with van der Waals surface area (Å²) in [6.45, 7) is 7.14. The first-order valence-corrected chi connectivity index (χ1v) is 6.12. The molecule has 1 aromatic rings. The van der Waals surface area contributed by atoms with Crippen molar-refractivity contribution in [3.63, 3.8) is 0 Å². The Kier molecular flexibility index (Phi) is 3.04. The highest BCUT2D eigenvalue weighted by Crippen LogP contribution is 2.43. The zero-order valence-electron chi connectivity index (χ0n) is 11.1. The summed E-state index contributed by atoms with van der Waals surface area (Å²) in [4.78, 5) is 0. The van der Waals surface area contributed by atoms with E-state index in [1.807, 2.05) is 13.8 Å². The highest BCUT2D eigenvalue weighted by Gasteiger charge is 2.34. The zero-order chi connectivity index (χ0) is 12.6. The first-order valence-electron chi connectivity index (χ1n) is 6.12. The minimum Gasteiger partial charge on any atom is -0.504 e. The number of rotatable bonds is 2. The molecule has 1 aliphatic rings. The van der Waals surface area contributed by atoms with Crippen molar-refractivity contribution in [3.8, 4) is 11.5 Å². The minimum atomic E-state index is -0.0821. The van der Waals surface area contributed by atoms with Gasteiger partial charge in [-0.15, -0.1) is 0 Å². The molecule has 0 spiro atoms. The van der Waals surface area contributed by atoms with Crippen LogP contribution in [0.1, 0.15) is 36.5 Å². The van der Waals surface area contributed by atoms with Gasteiger partial charge in [0.25, 0.3) is 0 Å². The number of aromatic hydroxyl groups is 1. The van der Waals surface area contributed by atoms with Crippen LogP contribution in [0.4, 0.5) is 0 Å². The van der Waals surface area contributed by atoms with E-state index >= 15 is 0 Å². The topological polar surface area (TPSA) is 41.5 Å². The van der Waals surface area contributed by atoms with Gasteiger partial charge in [-0.2, -0.15) is 0 Å². The predicted octanol–water partition coefficient (Wildman–Crippen LogP) is 2.62. The molecule has 1 fully saturated rings. The van der Waals surface area contributed by atoms with Gasteiger partial charge >= 0.3 is 0 Å². The van der Waals surface area contributed by atoms with Crippen molar-refractivity contribution < 1.29 is 9.84 Å². The fourth-order valence-electron chi connectivity index (χ4n) is 2.62. The van der Waals surface area contributed by atoms with Gasteiger partial charge in [-0.3, -0.25) is 0 Å². The summed E-state index contributed by atoms with van der Waals surface area (Å²) < 4.78 is 5.40. The van der Waals surface area contributed by atoms with E-state index in [4.69, 9.17) is 4.74 Å². The third kappa shape index (κ3) is 1.89. The monoisotopic (exact) mass is 235 g/mol. The lowest BCUT2D eigenvalue weighted by atomic mass is 9.87. The molecular weight excluding hydrogens is 214 g/mol. The Balaban J connectivity index is 2.60. The summed E-state index contributed by atoms with van der Waals surface area (Å²) in [6, 6.07) is 2.13. The first-order chi connectivity index (χ1) is 7.99. The van der Waals surface area contributed by atoms with Gasteiger partial charge in [0.15, 0.2) is 11.5 Å². The van der Waals surface area contributed by atoms with Crippen molar-refractivity contribution in [3.05, 3.63) is 22.8 Å². The van der Waals surface area contributed by atoms with Crippen LogP contribution in [0.2, 0.25) is 0 Å². The van der Waals surface area contributed by atoms with Crippen molar-refractivity contribution in [1.82, 2.24) is 5.32 Å². The van der Waals surface area contributed by atoms with Crippen molar-refractivity contribution in [2.24, 2.45) is 0 Å². The lowest BCUT2D eigenvalue weighted by Crippen LogP contribution is -2.33. The van der Waals surface area contributed by atoms with Crippen LogP contribution in [0.15, 0.2) is 6.07 Å². The summed E-state index contributed by atoms with van der Waals surface area (Å²) in [5, 5.41) is 13.7. The maximum absolute atomic E-state index is 10.2. The molecule has 17 heavy (non-hydrogen) atoms. The van der Waals surface area contributed by atoms with Crippen LogP contribution < -0.4 is 10.1 Å². The molecule has 0 saturated carbocycles. The second kappa shape index (κ2) is 4.22. The number of benzene rings is 1. The number of nitrogens with one attached hydrogen (secondary N) is 1. The molecule has 0 radical (unpaired) electrons. The van der Waals surface area contributed by atoms with Crippen molar-refractivity contribution >= 4 is 0 Å². The second-order valence-electron chi connectivity index (χ2n) is 5.11. The summed E-state index contributed by atoms with van der Waals surface area (Å²) in [6.07, 6.45) is 2.23. The van der Waals surface area contributed by atoms with E-state index in [0.29, 0.717) is 5.75 Å². The fraction of sp³-hybridized carbons (Fsp3) is 0.571. The standard InChI is InChI=1S/C14H21NO2/c1-9-8-11(14(3)6-5-7-15-14)13(17-4)12(16)10(9)2/h8,15-16H,5-7H2,1-4H3. The van der Waals surface area contributed by atoms with Gasteiger partial charge in [0, 0.05) is 11.1 Å². The van der Waals surface area contributed by atoms with E-state index in [2.05, 4.69) is 18.3 Å². The number of hydrogen-bond acceptors (Lipinski definition) is 3. The highest BCUT2D eigenvalue weighted by molar-refractivity contribution is 5.56. The molecule has 0 aromatic heterocycles. The molecule has 1 aromatic carbocycles. The Hall–Kier alpha value is -1.22. The van der Waals surface area contributed by atoms with E-state index in [1.54, 1.807) is 7.11 Å². The number of phenolic OH excluding ortho intramolecular Hbond substituents is 1. The van der Waals surface area contributed by atoms with E-state index in [1.165, 1.54) is 0 Å². The number of hydrogen-bond donors (Lipinski definition) is 2. The van der Waals surface area contributed by atoms with Crippen LogP contribution in [-0.2, 0) is 5.54 Å². The van der Waals surface area contributed by atoms with Crippen LogP contribution in [0, 0.1) is 13.8 Å². The molecule has 1 unspecified atom stereocenters. The maximum Gasteiger partial charge on any atom is 0.165 e. The Bertz CT molecular complexity index is 434. The molecule has 3 nitrogen and oxygen atoms in total. The molecule has 2 rings (SSSR count). The maximum atomic E-state index is 10.2. The minimum absolute atomic E-state index is 0.0821. The van der Waals surface area contributed by atoms with E-state index in [9.17, 15) is 5.11 Å². The second-order valence-corrected chi connectivity index (χ2v) is 5.11. The van der Waals surface area contributed by atoms with Crippen molar-refractivity contribution in [1.29, 1.82) is 0 Å². The van der Waals surface area contributed by atoms with Crippen molar-refractivity contribution in [2.45, 2.75) is 39.2 Å². The van der Waals surface area contributed by atoms with Gasteiger partial charge in [-0.25, -0.2) is 0 Å². The number of phenols is 1. The van der Waals surface area contributed by atoms with Crippen LogP contribution >= 0.6 is 0 Å². The van der Waals surface area contributed by atoms with Crippen LogP contribution in [0.25, 0.3) is 0 Å². The van der Waals surface area contributed by atoms with Gasteiger partial charge in [0.2, 0.25) is 0 Å². The van der Waals surface area contributed by atoms with Crippen LogP contribution in [-0.4, -0.2) is 18.8 Å². The molecule has 0 aliphatic carbocycles. The number of methoxy groups -OCH3 is 1. The molecule has 2 N–H and O–H groups in total. The Morgan fingerprint density at radius 1 is 1.41 bits per heavy atom. The van der Waals surface area contributed by atoms with E-state index < -0.39 is 0 Å². The summed E-state index contributed by atoms with van der Waals surface area (Å²) in [7, 11) is 1.62. The Labute approximate surface area is 103 Å². The van der Waals surface area contributed by atoms with Gasteiger partial charge < -0.3 is 15.2 Å². The molecule has 0 amide bonds. The Morgan fingerprint density at radius 3 is 2.65 bits per heavy atom. The smallest absolute Gasteiger partial charge is 0.165 e. The van der Waals surface area contributed by atoms with Crippen LogP contribution in [0.5, 0.6) is 11.5 Å². The zero-order valence-corrected chi connectivity index (χ0v) is 11.1. The lowest BCUT2D eigenvalue weighted by Gasteiger charge is -2.28. The predicted molar refractivity (Wildman–Crippen MR) is 68.7 cm³/mol. The van der Waals surface area contributed by atoms with Gasteiger partial charge in [0.05, 0.1) is 7.11 Å². The van der Waals surface area contributed by atoms with E-state index in [-0.39, 0.29) is 11.3 Å². The Morgan fingerprint density at radius 2 is 2.12 bits per heavy atom. The van der Waals surface area contributed by atoms with Crippen molar-refractivity contribution in [2.75, 3.05) is 13.7 Å².